The fourth-order valence-corrected chi connectivity index (χ4v) is 3.23. The zero-order valence-corrected chi connectivity index (χ0v) is 16.9. The van der Waals surface area contributed by atoms with Gasteiger partial charge in [0, 0.05) is 6.08 Å². The minimum atomic E-state index is -1.12. The zero-order chi connectivity index (χ0) is 21.2. The van der Waals surface area contributed by atoms with Crippen LogP contribution in [0.3, 0.4) is 0 Å². The molecule has 1 aliphatic rings. The number of rotatable bonds is 4. The highest BCUT2D eigenvalue weighted by molar-refractivity contribution is 6.15. The molecule has 0 saturated heterocycles. The first kappa shape index (κ1) is 20.3. The van der Waals surface area contributed by atoms with Gasteiger partial charge in [-0.3, -0.25) is 14.5 Å². The maximum Gasteiger partial charge on any atom is 0.331 e. The minimum absolute atomic E-state index is 0.303. The number of benzene rings is 2. The second-order valence-electron chi connectivity index (χ2n) is 7.53. The molecule has 0 saturated carbocycles. The highest BCUT2D eigenvalue weighted by atomic mass is 16.5. The number of hydrogen-bond acceptors (Lipinski definition) is 4. The number of fused-ring (bicyclic) bond motifs is 1. The molecule has 2 aromatic rings. The number of aryl methyl sites for hydroxylation is 1. The van der Waals surface area contributed by atoms with Crippen LogP contribution in [-0.4, -0.2) is 29.4 Å². The molecule has 29 heavy (non-hydrogen) atoms. The predicted molar refractivity (Wildman–Crippen MR) is 112 cm³/mol. The van der Waals surface area contributed by atoms with Crippen molar-refractivity contribution in [2.45, 2.75) is 39.3 Å². The van der Waals surface area contributed by atoms with Gasteiger partial charge in [-0.25, -0.2) is 4.79 Å². The molecule has 3 rings (SSSR count). The fraction of sp³-hybridized carbons (Fsp3) is 0.261. The smallest absolute Gasteiger partial charge is 0.331 e. The number of carbonyl (C=O) groups excluding carboxylic acids is 3. The first-order chi connectivity index (χ1) is 13.7. The van der Waals surface area contributed by atoms with Crippen molar-refractivity contribution in [1.29, 1.82) is 0 Å². The van der Waals surface area contributed by atoms with Crippen LogP contribution in [0.1, 0.15) is 31.9 Å². The maximum absolute atomic E-state index is 13.1. The van der Waals surface area contributed by atoms with Crippen molar-refractivity contribution in [3.8, 4) is 0 Å². The summed E-state index contributed by atoms with van der Waals surface area (Å²) in [7, 11) is 0. The maximum atomic E-state index is 13.1. The summed E-state index contributed by atoms with van der Waals surface area (Å²) in [6.45, 7) is 6.78. The van der Waals surface area contributed by atoms with Crippen LogP contribution in [0, 0.1) is 6.92 Å². The molecular formula is C23H24N2O4. The van der Waals surface area contributed by atoms with Gasteiger partial charge in [0.05, 0.1) is 11.4 Å². The molecule has 0 unspecified atom stereocenters. The van der Waals surface area contributed by atoms with E-state index in [1.54, 1.807) is 44.2 Å². The van der Waals surface area contributed by atoms with Gasteiger partial charge >= 0.3 is 5.97 Å². The normalized spacial score (nSPS) is 16.1. The van der Waals surface area contributed by atoms with Crippen molar-refractivity contribution >= 4 is 35.2 Å². The van der Waals surface area contributed by atoms with Crippen LogP contribution in [0.25, 0.3) is 6.08 Å². The average Bonchev–Trinajstić information content (AvgIpc) is 2.67. The van der Waals surface area contributed by atoms with Crippen molar-refractivity contribution in [3.05, 3.63) is 65.7 Å². The Kier molecular flexibility index (Phi) is 5.55. The van der Waals surface area contributed by atoms with Gasteiger partial charge in [0.2, 0.25) is 5.91 Å². The highest BCUT2D eigenvalue weighted by Gasteiger charge is 2.45. The van der Waals surface area contributed by atoms with Crippen molar-refractivity contribution in [2.75, 3.05) is 10.2 Å². The number of carbonyl (C=O) groups is 3. The van der Waals surface area contributed by atoms with E-state index in [0.717, 1.165) is 11.1 Å². The molecule has 1 heterocycles. The number of amides is 2. The topological polar surface area (TPSA) is 75.7 Å². The third kappa shape index (κ3) is 4.21. The third-order valence-corrected chi connectivity index (χ3v) is 4.82. The van der Waals surface area contributed by atoms with Crippen molar-refractivity contribution in [2.24, 2.45) is 0 Å². The number of esters is 1. The van der Waals surface area contributed by atoms with Gasteiger partial charge in [-0.05, 0) is 51.5 Å². The lowest BCUT2D eigenvalue weighted by Gasteiger charge is -2.42. The van der Waals surface area contributed by atoms with E-state index in [1.807, 2.05) is 31.2 Å². The van der Waals surface area contributed by atoms with Crippen molar-refractivity contribution in [3.63, 3.8) is 0 Å². The predicted octanol–water partition coefficient (Wildman–Crippen LogP) is 3.70. The monoisotopic (exact) mass is 392 g/mol. The Labute approximate surface area is 170 Å². The molecule has 0 aliphatic carbocycles. The van der Waals surface area contributed by atoms with Crippen LogP contribution < -0.4 is 10.2 Å². The molecule has 2 amide bonds. The van der Waals surface area contributed by atoms with Crippen molar-refractivity contribution < 1.29 is 19.1 Å². The molecule has 0 bridgehead atoms. The molecule has 6 nitrogen and oxygen atoms in total. The van der Waals surface area contributed by atoms with E-state index in [1.165, 1.54) is 17.9 Å². The van der Waals surface area contributed by atoms with Crippen LogP contribution in [0.5, 0.6) is 0 Å². The number of nitrogens with one attached hydrogen (secondary N) is 1. The summed E-state index contributed by atoms with van der Waals surface area (Å²) >= 11 is 0. The summed E-state index contributed by atoms with van der Waals surface area (Å²) in [6.07, 6.45) is 1.88. The van der Waals surface area contributed by atoms with E-state index >= 15 is 0 Å². The Morgan fingerprint density at radius 1 is 1.14 bits per heavy atom. The van der Waals surface area contributed by atoms with Crippen LogP contribution in [0.15, 0.2) is 54.6 Å². The molecule has 1 N–H and O–H groups in total. The average molecular weight is 392 g/mol. The summed E-state index contributed by atoms with van der Waals surface area (Å²) in [5.74, 6) is -1.39. The zero-order valence-electron chi connectivity index (χ0n) is 16.9. The lowest BCUT2D eigenvalue weighted by Crippen LogP contribution is -2.60. The van der Waals surface area contributed by atoms with Crippen LogP contribution in [0.2, 0.25) is 0 Å². The van der Waals surface area contributed by atoms with Gasteiger partial charge in [-0.1, -0.05) is 42.0 Å². The summed E-state index contributed by atoms with van der Waals surface area (Å²) in [5.41, 5.74) is 1.93. The molecule has 150 valence electrons. The first-order valence-corrected chi connectivity index (χ1v) is 9.40. The molecule has 6 heteroatoms. The van der Waals surface area contributed by atoms with Gasteiger partial charge < -0.3 is 10.1 Å². The third-order valence-electron chi connectivity index (χ3n) is 4.82. The Morgan fingerprint density at radius 2 is 1.86 bits per heavy atom. The van der Waals surface area contributed by atoms with E-state index in [2.05, 4.69) is 5.32 Å². The molecule has 2 aromatic carbocycles. The van der Waals surface area contributed by atoms with E-state index in [4.69, 9.17) is 4.74 Å². The quantitative estimate of drug-likeness (QED) is 0.636. The van der Waals surface area contributed by atoms with Crippen LogP contribution in [0.4, 0.5) is 11.4 Å². The number of anilines is 2. The van der Waals surface area contributed by atoms with Crippen molar-refractivity contribution in [1.82, 2.24) is 0 Å². The van der Waals surface area contributed by atoms with E-state index < -0.39 is 23.5 Å². The van der Waals surface area contributed by atoms with Gasteiger partial charge in [0.15, 0.2) is 6.10 Å². The number of para-hydroxylation sites is 2. The van der Waals surface area contributed by atoms with Crippen LogP contribution in [-0.2, 0) is 19.1 Å². The Bertz CT molecular complexity index is 994. The van der Waals surface area contributed by atoms with E-state index in [0.29, 0.717) is 11.4 Å². The molecular weight excluding hydrogens is 368 g/mol. The standard InChI is InChI=1S/C23H24N2O4/c1-15-8-7-9-17(14-15)12-13-20(26)29-16(2)21(27)25-19-11-6-5-10-18(19)24-22(28)23(25,3)4/h5-14,16H,1-4H3,(H,24,28)/b13-12+/t16-/m1/s1. The summed E-state index contributed by atoms with van der Waals surface area (Å²) in [4.78, 5) is 39.2. The van der Waals surface area contributed by atoms with Gasteiger partial charge in [0.25, 0.3) is 5.91 Å². The number of nitrogens with zero attached hydrogens (tertiary/aromatic N) is 1. The first-order valence-electron chi connectivity index (χ1n) is 9.40. The van der Waals surface area contributed by atoms with Gasteiger partial charge in [-0.15, -0.1) is 0 Å². The molecule has 0 radical (unpaired) electrons. The SMILES string of the molecule is Cc1cccc(/C=C/C(=O)O[C@H](C)C(=O)N2c3ccccc3NC(=O)C2(C)C)c1. The molecule has 0 aromatic heterocycles. The minimum Gasteiger partial charge on any atom is -0.449 e. The molecule has 0 spiro atoms. The lowest BCUT2D eigenvalue weighted by molar-refractivity contribution is -0.149. The molecule has 1 atom stereocenters. The van der Waals surface area contributed by atoms with E-state index in [9.17, 15) is 14.4 Å². The summed E-state index contributed by atoms with van der Waals surface area (Å²) < 4.78 is 5.31. The Balaban J connectivity index is 1.77. The summed E-state index contributed by atoms with van der Waals surface area (Å²) in [5, 5.41) is 2.81. The van der Waals surface area contributed by atoms with E-state index in [-0.39, 0.29) is 5.91 Å². The fourth-order valence-electron chi connectivity index (χ4n) is 3.23. The highest BCUT2D eigenvalue weighted by Crippen LogP contribution is 2.37. The largest absolute Gasteiger partial charge is 0.449 e. The Morgan fingerprint density at radius 3 is 2.59 bits per heavy atom. The van der Waals surface area contributed by atoms with Gasteiger partial charge in [0.1, 0.15) is 5.54 Å². The van der Waals surface area contributed by atoms with Gasteiger partial charge in [-0.2, -0.15) is 0 Å². The number of hydrogen-bond donors (Lipinski definition) is 1. The number of ether oxygens (including phenoxy) is 1. The second-order valence-corrected chi connectivity index (χ2v) is 7.53. The van der Waals surface area contributed by atoms with Crippen LogP contribution >= 0.6 is 0 Å². The molecule has 0 fully saturated rings. The second kappa shape index (κ2) is 7.91. The molecule has 1 aliphatic heterocycles. The lowest BCUT2D eigenvalue weighted by atomic mass is 9.95. The Hall–Kier alpha value is -3.41. The summed E-state index contributed by atoms with van der Waals surface area (Å²) in [6, 6.07) is 14.7.